The highest BCUT2D eigenvalue weighted by Gasteiger charge is 2.15. The summed E-state index contributed by atoms with van der Waals surface area (Å²) < 4.78 is 16.5. The normalized spacial score (nSPS) is 10.4. The van der Waals surface area contributed by atoms with Gasteiger partial charge in [0.25, 0.3) is 0 Å². The third kappa shape index (κ3) is 4.57. The molecule has 1 aromatic carbocycles. The minimum Gasteiger partial charge on any atom is -0.493 e. The number of fused-ring (bicyclic) bond motifs is 1. The molecule has 2 rings (SSSR count). The number of hydrogen-bond donors (Lipinski definition) is 3. The molecule has 0 aliphatic carbocycles. The van der Waals surface area contributed by atoms with E-state index >= 15 is 0 Å². The molecule has 0 aliphatic rings. The number of benzene rings is 1. The number of amides is 1. The molecule has 9 heteroatoms. The van der Waals surface area contributed by atoms with Crippen molar-refractivity contribution in [2.75, 3.05) is 27.4 Å². The highest BCUT2D eigenvalue weighted by molar-refractivity contribution is 9.10. The summed E-state index contributed by atoms with van der Waals surface area (Å²) in [5.74, 6) is 0.233. The van der Waals surface area contributed by atoms with Crippen molar-refractivity contribution in [3.63, 3.8) is 0 Å². The lowest BCUT2D eigenvalue weighted by molar-refractivity contribution is 0.0917. The Morgan fingerprint density at radius 1 is 1.30 bits per heavy atom. The minimum atomic E-state index is -0.449. The molecule has 7 nitrogen and oxygen atoms in total. The molecular weight excluding hydrogens is 386 g/mol. The van der Waals surface area contributed by atoms with Crippen molar-refractivity contribution >= 4 is 50.1 Å². The average molecular weight is 402 g/mol. The number of ether oxygens (including phenoxy) is 2. The van der Waals surface area contributed by atoms with Gasteiger partial charge in [0.15, 0.2) is 22.2 Å². The Hall–Kier alpha value is -1.84. The molecule has 0 unspecified atom stereocenters. The number of hydrazine groups is 1. The van der Waals surface area contributed by atoms with Crippen LogP contribution in [-0.2, 0) is 4.74 Å². The van der Waals surface area contributed by atoms with E-state index < -0.39 is 5.91 Å². The summed E-state index contributed by atoms with van der Waals surface area (Å²) in [5, 5.41) is 3.90. The number of furan rings is 1. The second-order valence-electron chi connectivity index (χ2n) is 4.46. The number of hydrogen-bond acceptors (Lipinski definition) is 5. The molecule has 0 aliphatic heterocycles. The van der Waals surface area contributed by atoms with Crippen LogP contribution in [0, 0.1) is 0 Å². The van der Waals surface area contributed by atoms with E-state index in [-0.39, 0.29) is 10.9 Å². The lowest BCUT2D eigenvalue weighted by Crippen LogP contribution is -2.47. The largest absolute Gasteiger partial charge is 0.493 e. The lowest BCUT2D eigenvalue weighted by Gasteiger charge is -2.10. The molecule has 0 atom stereocenters. The fraction of sp³-hybridized carbons (Fsp3) is 0.286. The summed E-state index contributed by atoms with van der Waals surface area (Å²) in [7, 11) is 3.13. The standard InChI is InChI=1S/C14H16BrN3O4S/c1-20-4-3-16-14(23)18-17-13(19)11-6-8-5-9(15)7-10(21-2)12(8)22-11/h5-7H,3-4H2,1-2H3,(H,17,19)(H2,16,18,23). The van der Waals surface area contributed by atoms with E-state index in [1.807, 2.05) is 6.07 Å². The van der Waals surface area contributed by atoms with Crippen LogP contribution in [0.1, 0.15) is 10.6 Å². The number of thiocarbonyl (C=S) groups is 1. The van der Waals surface area contributed by atoms with Crippen molar-refractivity contribution in [1.29, 1.82) is 0 Å². The van der Waals surface area contributed by atoms with Gasteiger partial charge in [-0.3, -0.25) is 15.6 Å². The van der Waals surface area contributed by atoms with Crippen LogP contribution in [-0.4, -0.2) is 38.4 Å². The summed E-state index contributed by atoms with van der Waals surface area (Å²) in [6.45, 7) is 1.04. The second kappa shape index (κ2) is 8.14. The summed E-state index contributed by atoms with van der Waals surface area (Å²) in [6.07, 6.45) is 0. The van der Waals surface area contributed by atoms with Gasteiger partial charge in [-0.2, -0.15) is 0 Å². The molecule has 1 heterocycles. The molecule has 23 heavy (non-hydrogen) atoms. The van der Waals surface area contributed by atoms with Crippen LogP contribution < -0.4 is 20.9 Å². The maximum absolute atomic E-state index is 12.1. The minimum absolute atomic E-state index is 0.142. The highest BCUT2D eigenvalue weighted by atomic mass is 79.9. The molecule has 0 radical (unpaired) electrons. The Morgan fingerprint density at radius 3 is 2.78 bits per heavy atom. The summed E-state index contributed by atoms with van der Waals surface area (Å²) >= 11 is 8.39. The maximum atomic E-state index is 12.1. The van der Waals surface area contributed by atoms with Crippen molar-refractivity contribution in [1.82, 2.24) is 16.2 Å². The Labute approximate surface area is 146 Å². The van der Waals surface area contributed by atoms with Gasteiger partial charge in [0.05, 0.1) is 13.7 Å². The van der Waals surface area contributed by atoms with Crippen molar-refractivity contribution < 1.29 is 18.7 Å². The van der Waals surface area contributed by atoms with E-state index in [0.29, 0.717) is 24.5 Å². The fourth-order valence-corrected chi connectivity index (χ4v) is 2.44. The predicted octanol–water partition coefficient (Wildman–Crippen LogP) is 1.96. The Balaban J connectivity index is 2.02. The molecule has 0 saturated carbocycles. The van der Waals surface area contributed by atoms with Gasteiger partial charge in [0.2, 0.25) is 0 Å². The van der Waals surface area contributed by atoms with Crippen molar-refractivity contribution in [2.45, 2.75) is 0 Å². The Bertz CT molecular complexity index is 719. The van der Waals surface area contributed by atoms with Gasteiger partial charge in [-0.25, -0.2) is 0 Å². The predicted molar refractivity (Wildman–Crippen MR) is 93.5 cm³/mol. The van der Waals surface area contributed by atoms with E-state index in [4.69, 9.17) is 26.1 Å². The third-order valence-corrected chi connectivity index (χ3v) is 3.58. The van der Waals surface area contributed by atoms with E-state index in [2.05, 4.69) is 32.1 Å². The topological polar surface area (TPSA) is 84.8 Å². The van der Waals surface area contributed by atoms with Gasteiger partial charge < -0.3 is 19.2 Å². The molecule has 1 amide bonds. The molecule has 3 N–H and O–H groups in total. The second-order valence-corrected chi connectivity index (χ2v) is 5.79. The van der Waals surface area contributed by atoms with Gasteiger partial charge in [-0.1, -0.05) is 15.9 Å². The fourth-order valence-electron chi connectivity index (χ4n) is 1.84. The molecule has 0 bridgehead atoms. The molecule has 0 spiro atoms. The molecule has 0 saturated heterocycles. The van der Waals surface area contributed by atoms with Crippen LogP contribution in [0.2, 0.25) is 0 Å². The Kier molecular flexibility index (Phi) is 6.20. The van der Waals surface area contributed by atoms with Gasteiger partial charge in [-0.15, -0.1) is 0 Å². The SMILES string of the molecule is COCCNC(=S)NNC(=O)c1cc2cc(Br)cc(OC)c2o1. The molecule has 124 valence electrons. The van der Waals surface area contributed by atoms with Crippen LogP contribution in [0.15, 0.2) is 27.1 Å². The van der Waals surface area contributed by atoms with Crippen LogP contribution in [0.5, 0.6) is 5.75 Å². The zero-order chi connectivity index (χ0) is 16.8. The number of rotatable bonds is 5. The number of carbonyl (C=O) groups is 1. The number of halogens is 1. The smallest absolute Gasteiger partial charge is 0.305 e. The maximum Gasteiger partial charge on any atom is 0.305 e. The lowest BCUT2D eigenvalue weighted by atomic mass is 10.2. The number of methoxy groups -OCH3 is 2. The van der Waals surface area contributed by atoms with Crippen LogP contribution in [0.25, 0.3) is 11.0 Å². The van der Waals surface area contributed by atoms with Crippen LogP contribution in [0.4, 0.5) is 0 Å². The van der Waals surface area contributed by atoms with Gasteiger partial charge in [-0.05, 0) is 30.4 Å². The van der Waals surface area contributed by atoms with Gasteiger partial charge in [0, 0.05) is 23.5 Å². The first-order valence-electron chi connectivity index (χ1n) is 6.65. The van der Waals surface area contributed by atoms with Crippen molar-refractivity contribution in [3.8, 4) is 5.75 Å². The van der Waals surface area contributed by atoms with Gasteiger partial charge >= 0.3 is 5.91 Å². The van der Waals surface area contributed by atoms with Crippen molar-refractivity contribution in [2.24, 2.45) is 0 Å². The van der Waals surface area contributed by atoms with Crippen LogP contribution >= 0.6 is 28.1 Å². The summed E-state index contributed by atoms with van der Waals surface area (Å²) in [5.41, 5.74) is 5.55. The Morgan fingerprint density at radius 2 is 2.09 bits per heavy atom. The molecule has 2 aromatic rings. The third-order valence-electron chi connectivity index (χ3n) is 2.87. The number of nitrogens with one attached hydrogen (secondary N) is 3. The molecule has 1 aromatic heterocycles. The zero-order valence-electron chi connectivity index (χ0n) is 12.6. The summed E-state index contributed by atoms with van der Waals surface area (Å²) in [6, 6.07) is 5.23. The summed E-state index contributed by atoms with van der Waals surface area (Å²) in [4.78, 5) is 12.1. The van der Waals surface area contributed by atoms with E-state index in [1.165, 1.54) is 7.11 Å². The van der Waals surface area contributed by atoms with Gasteiger partial charge in [0.1, 0.15) is 0 Å². The van der Waals surface area contributed by atoms with Crippen molar-refractivity contribution in [3.05, 3.63) is 28.4 Å². The average Bonchev–Trinajstić information content (AvgIpc) is 2.95. The quantitative estimate of drug-likeness (QED) is 0.401. The van der Waals surface area contributed by atoms with E-state index in [9.17, 15) is 4.79 Å². The first-order valence-corrected chi connectivity index (χ1v) is 7.85. The van der Waals surface area contributed by atoms with E-state index in [0.717, 1.165) is 9.86 Å². The highest BCUT2D eigenvalue weighted by Crippen LogP contribution is 2.32. The van der Waals surface area contributed by atoms with E-state index in [1.54, 1.807) is 19.2 Å². The molecule has 0 fully saturated rings. The number of carbonyl (C=O) groups excluding carboxylic acids is 1. The van der Waals surface area contributed by atoms with Crippen LogP contribution in [0.3, 0.4) is 0 Å². The monoisotopic (exact) mass is 401 g/mol. The first-order chi connectivity index (χ1) is 11.0. The molecular formula is C14H16BrN3O4S. The first kappa shape index (κ1) is 17.5. The zero-order valence-corrected chi connectivity index (χ0v) is 15.0.